The predicted molar refractivity (Wildman–Crippen MR) is 112 cm³/mol. The molecule has 0 fully saturated rings. The van der Waals surface area contributed by atoms with Crippen LogP contribution in [0.3, 0.4) is 0 Å². The Balaban J connectivity index is 2.18. The number of methoxy groups -OCH3 is 2. The fourth-order valence-corrected chi connectivity index (χ4v) is 4.49. The number of nitrogens with two attached hydrogens (primary N) is 1. The van der Waals surface area contributed by atoms with Gasteiger partial charge in [0.2, 0.25) is 9.84 Å². The number of phenols is 1. The lowest BCUT2D eigenvalue weighted by atomic mass is 9.97. The Kier molecular flexibility index (Phi) is 5.98. The second kappa shape index (κ2) is 8.46. The molecule has 3 aromatic carbocycles. The average molecular weight is 427 g/mol. The molecule has 7 nitrogen and oxygen atoms in total. The van der Waals surface area contributed by atoms with Crippen molar-refractivity contribution in [1.82, 2.24) is 0 Å². The molecule has 0 atom stereocenters. The van der Waals surface area contributed by atoms with E-state index in [2.05, 4.69) is 0 Å². The summed E-state index contributed by atoms with van der Waals surface area (Å²) in [7, 11) is -1.47. The maximum Gasteiger partial charge on any atom is 0.338 e. The molecule has 3 N–H and O–H groups in total. The van der Waals surface area contributed by atoms with Crippen LogP contribution in [0.2, 0.25) is 0 Å². The Hall–Kier alpha value is -3.52. The van der Waals surface area contributed by atoms with Gasteiger partial charge in [-0.1, -0.05) is 30.3 Å². The highest BCUT2D eigenvalue weighted by Gasteiger charge is 2.28. The van der Waals surface area contributed by atoms with Gasteiger partial charge in [-0.3, -0.25) is 0 Å². The summed E-state index contributed by atoms with van der Waals surface area (Å²) in [4.78, 5) is 12.0. The van der Waals surface area contributed by atoms with E-state index >= 15 is 0 Å². The van der Waals surface area contributed by atoms with E-state index in [-0.39, 0.29) is 33.0 Å². The number of aromatic hydroxyl groups is 1. The number of esters is 1. The van der Waals surface area contributed by atoms with Gasteiger partial charge in [0.15, 0.2) is 0 Å². The first kappa shape index (κ1) is 21.2. The second-order valence-corrected chi connectivity index (χ2v) is 8.41. The van der Waals surface area contributed by atoms with Crippen molar-refractivity contribution in [2.45, 2.75) is 16.2 Å². The zero-order chi connectivity index (χ0) is 21.9. The number of carbonyl (C=O) groups is 1. The Bertz CT molecular complexity index is 1170. The second-order valence-electron chi connectivity index (χ2n) is 6.50. The third kappa shape index (κ3) is 3.95. The quantitative estimate of drug-likeness (QED) is 0.352. The molecule has 0 aliphatic rings. The number of carbonyl (C=O) groups excluding carboxylic acids is 1. The zero-order valence-electron chi connectivity index (χ0n) is 16.5. The molecule has 156 valence electrons. The van der Waals surface area contributed by atoms with E-state index < -0.39 is 21.6 Å². The summed E-state index contributed by atoms with van der Waals surface area (Å²) in [5, 5.41) is 10.7. The largest absolute Gasteiger partial charge is 0.505 e. The molecule has 0 amide bonds. The smallest absolute Gasteiger partial charge is 0.338 e. The number of anilines is 1. The first-order valence-corrected chi connectivity index (χ1v) is 10.4. The van der Waals surface area contributed by atoms with Crippen LogP contribution in [0.5, 0.6) is 11.5 Å². The highest BCUT2D eigenvalue weighted by Crippen LogP contribution is 2.38. The van der Waals surface area contributed by atoms with Crippen molar-refractivity contribution in [1.29, 1.82) is 0 Å². The topological polar surface area (TPSA) is 116 Å². The SMILES string of the molecule is COC(=O)c1cc(S(=O)(=O)c2ccc(OC)cc2)c(N)c(O)c1Cc1ccccc1. The van der Waals surface area contributed by atoms with Crippen molar-refractivity contribution < 1.29 is 27.8 Å². The summed E-state index contributed by atoms with van der Waals surface area (Å²) in [6.07, 6.45) is 0.171. The maximum atomic E-state index is 13.2. The number of hydrogen-bond acceptors (Lipinski definition) is 7. The molecule has 0 heterocycles. The molecule has 0 radical (unpaired) electrons. The van der Waals surface area contributed by atoms with Gasteiger partial charge in [-0.15, -0.1) is 0 Å². The summed E-state index contributed by atoms with van der Waals surface area (Å²) in [6.45, 7) is 0. The van der Waals surface area contributed by atoms with Crippen molar-refractivity contribution in [2.24, 2.45) is 0 Å². The molecule has 0 saturated heterocycles. The minimum Gasteiger partial charge on any atom is -0.505 e. The van der Waals surface area contributed by atoms with E-state index in [4.69, 9.17) is 15.2 Å². The van der Waals surface area contributed by atoms with Crippen LogP contribution in [0.1, 0.15) is 21.5 Å². The standard InChI is InChI=1S/C22H21NO6S/c1-28-15-8-10-16(11-9-15)30(26,27)19-13-18(22(25)29-2)17(21(24)20(19)23)12-14-6-4-3-5-7-14/h3-11,13,24H,12,23H2,1-2H3. The Morgan fingerprint density at radius 2 is 1.67 bits per heavy atom. The number of hydrogen-bond donors (Lipinski definition) is 2. The predicted octanol–water partition coefficient (Wildman–Crippen LogP) is 3.19. The van der Waals surface area contributed by atoms with Crippen LogP contribution in [0, 0.1) is 0 Å². The minimum absolute atomic E-state index is 0.0546. The van der Waals surface area contributed by atoms with Gasteiger partial charge in [0, 0.05) is 12.0 Å². The molecule has 0 bridgehead atoms. The van der Waals surface area contributed by atoms with Crippen LogP contribution in [0.15, 0.2) is 70.5 Å². The van der Waals surface area contributed by atoms with Crippen LogP contribution >= 0.6 is 0 Å². The van der Waals surface area contributed by atoms with Crippen LogP contribution < -0.4 is 10.5 Å². The molecule has 30 heavy (non-hydrogen) atoms. The van der Waals surface area contributed by atoms with Crippen molar-refractivity contribution >= 4 is 21.5 Å². The van der Waals surface area contributed by atoms with Crippen molar-refractivity contribution in [3.63, 3.8) is 0 Å². The van der Waals surface area contributed by atoms with Crippen molar-refractivity contribution in [3.05, 3.63) is 77.4 Å². The number of benzene rings is 3. The van der Waals surface area contributed by atoms with Gasteiger partial charge in [-0.25, -0.2) is 13.2 Å². The summed E-state index contributed by atoms with van der Waals surface area (Å²) in [5.74, 6) is -0.755. The van der Waals surface area contributed by atoms with Crippen LogP contribution in [-0.2, 0) is 21.0 Å². The summed E-state index contributed by atoms with van der Waals surface area (Å²) >= 11 is 0. The summed E-state index contributed by atoms with van der Waals surface area (Å²) in [5.41, 5.74) is 6.62. The number of rotatable bonds is 6. The number of ether oxygens (including phenoxy) is 2. The van der Waals surface area contributed by atoms with Gasteiger partial charge in [-0.05, 0) is 35.9 Å². The summed E-state index contributed by atoms with van der Waals surface area (Å²) in [6, 6.07) is 16.0. The van der Waals surface area contributed by atoms with E-state index in [0.717, 1.165) is 11.6 Å². The van der Waals surface area contributed by atoms with Gasteiger partial charge >= 0.3 is 5.97 Å². The highest BCUT2D eigenvalue weighted by molar-refractivity contribution is 7.91. The lowest BCUT2D eigenvalue weighted by molar-refractivity contribution is 0.0599. The van der Waals surface area contributed by atoms with Crippen LogP contribution in [-0.4, -0.2) is 33.7 Å². The van der Waals surface area contributed by atoms with Gasteiger partial charge in [0.1, 0.15) is 11.5 Å². The molecule has 0 aromatic heterocycles. The minimum atomic E-state index is -4.12. The van der Waals surface area contributed by atoms with Gasteiger partial charge in [-0.2, -0.15) is 0 Å². The highest BCUT2D eigenvalue weighted by atomic mass is 32.2. The molecular weight excluding hydrogens is 406 g/mol. The maximum absolute atomic E-state index is 13.2. The Morgan fingerprint density at radius 1 is 1.03 bits per heavy atom. The molecule has 0 aliphatic carbocycles. The van der Waals surface area contributed by atoms with E-state index in [9.17, 15) is 18.3 Å². The normalized spacial score (nSPS) is 11.1. The molecule has 0 saturated carbocycles. The fraction of sp³-hybridized carbons (Fsp3) is 0.136. The molecule has 0 aliphatic heterocycles. The van der Waals surface area contributed by atoms with Gasteiger partial charge in [0.25, 0.3) is 0 Å². The molecule has 0 spiro atoms. The first-order chi connectivity index (χ1) is 14.3. The molecule has 3 aromatic rings. The lowest BCUT2D eigenvalue weighted by Crippen LogP contribution is -2.13. The van der Waals surface area contributed by atoms with E-state index in [0.29, 0.717) is 5.75 Å². The van der Waals surface area contributed by atoms with Crippen LogP contribution in [0.4, 0.5) is 5.69 Å². The molecule has 8 heteroatoms. The molecular formula is C22H21NO6S. The first-order valence-electron chi connectivity index (χ1n) is 8.95. The molecule has 0 unspecified atom stereocenters. The lowest BCUT2D eigenvalue weighted by Gasteiger charge is -2.16. The third-order valence-corrected chi connectivity index (χ3v) is 6.50. The van der Waals surface area contributed by atoms with E-state index in [1.54, 1.807) is 0 Å². The Labute approximate surface area is 174 Å². The van der Waals surface area contributed by atoms with E-state index in [1.165, 1.54) is 38.5 Å². The van der Waals surface area contributed by atoms with Crippen LogP contribution in [0.25, 0.3) is 0 Å². The number of sulfone groups is 1. The molecule has 3 rings (SSSR count). The monoisotopic (exact) mass is 427 g/mol. The van der Waals surface area contributed by atoms with Crippen molar-refractivity contribution in [2.75, 3.05) is 20.0 Å². The van der Waals surface area contributed by atoms with Gasteiger partial charge < -0.3 is 20.3 Å². The Morgan fingerprint density at radius 3 is 2.23 bits per heavy atom. The van der Waals surface area contributed by atoms with Crippen molar-refractivity contribution in [3.8, 4) is 11.5 Å². The third-order valence-electron chi connectivity index (χ3n) is 4.70. The average Bonchev–Trinajstić information content (AvgIpc) is 2.77. The summed E-state index contributed by atoms with van der Waals surface area (Å²) < 4.78 is 36.2. The van der Waals surface area contributed by atoms with E-state index in [1.807, 2.05) is 30.3 Å². The number of phenolic OH excluding ortho intramolecular Hbond substituents is 1. The zero-order valence-corrected chi connectivity index (χ0v) is 17.3. The fourth-order valence-electron chi connectivity index (χ4n) is 3.08. The van der Waals surface area contributed by atoms with Gasteiger partial charge in [0.05, 0.1) is 35.3 Å². The number of nitrogen functional groups attached to an aromatic ring is 1.